The smallest absolute Gasteiger partial charge is 0.261 e. The van der Waals surface area contributed by atoms with E-state index in [-0.39, 0.29) is 17.2 Å². The van der Waals surface area contributed by atoms with Crippen LogP contribution in [0.2, 0.25) is 0 Å². The van der Waals surface area contributed by atoms with Gasteiger partial charge in [0.05, 0.1) is 11.3 Å². The standard InChI is InChI=1S/C20H23NO2/c1-14-8-9-16(12-15(14)2)19-11-10-17(13-22)20(23)21(19)18-6-4-3-5-7-18/h8-13,18H,3-7H2,1-2H3. The van der Waals surface area contributed by atoms with Gasteiger partial charge in [0.2, 0.25) is 0 Å². The third kappa shape index (κ3) is 3.00. The second-order valence-corrected chi connectivity index (χ2v) is 6.56. The predicted octanol–water partition coefficient (Wildman–Crippen LogP) is 4.45. The first-order chi connectivity index (χ1) is 11.1. The Morgan fingerprint density at radius 2 is 1.74 bits per heavy atom. The number of hydrogen-bond donors (Lipinski definition) is 0. The number of aryl methyl sites for hydroxylation is 2. The second kappa shape index (κ2) is 6.53. The Morgan fingerprint density at radius 3 is 2.39 bits per heavy atom. The number of aldehydes is 1. The van der Waals surface area contributed by atoms with Gasteiger partial charge in [-0.3, -0.25) is 9.59 Å². The van der Waals surface area contributed by atoms with Crippen molar-refractivity contribution in [3.8, 4) is 11.3 Å². The molecule has 0 radical (unpaired) electrons. The van der Waals surface area contributed by atoms with Crippen LogP contribution < -0.4 is 5.56 Å². The maximum atomic E-state index is 12.8. The zero-order valence-electron chi connectivity index (χ0n) is 13.8. The minimum Gasteiger partial charge on any atom is -0.305 e. The molecule has 0 saturated heterocycles. The van der Waals surface area contributed by atoms with Crippen LogP contribution in [0.25, 0.3) is 11.3 Å². The highest BCUT2D eigenvalue weighted by atomic mass is 16.1. The summed E-state index contributed by atoms with van der Waals surface area (Å²) >= 11 is 0. The van der Waals surface area contributed by atoms with Gasteiger partial charge in [-0.05, 0) is 61.6 Å². The number of pyridine rings is 1. The number of aromatic nitrogens is 1. The van der Waals surface area contributed by atoms with Crippen LogP contribution in [0.3, 0.4) is 0 Å². The number of rotatable bonds is 3. The normalized spacial score (nSPS) is 15.6. The summed E-state index contributed by atoms with van der Waals surface area (Å²) in [6, 6.07) is 10.1. The molecular formula is C20H23NO2. The van der Waals surface area contributed by atoms with E-state index in [4.69, 9.17) is 0 Å². The van der Waals surface area contributed by atoms with Crippen LogP contribution in [0.1, 0.15) is 59.6 Å². The lowest BCUT2D eigenvalue weighted by Crippen LogP contribution is -2.30. The molecule has 23 heavy (non-hydrogen) atoms. The molecular weight excluding hydrogens is 286 g/mol. The zero-order chi connectivity index (χ0) is 16.4. The lowest BCUT2D eigenvalue weighted by Gasteiger charge is -2.27. The van der Waals surface area contributed by atoms with Crippen LogP contribution in [-0.2, 0) is 0 Å². The summed E-state index contributed by atoms with van der Waals surface area (Å²) in [7, 11) is 0. The molecule has 1 aromatic carbocycles. The Hall–Kier alpha value is -2.16. The van der Waals surface area contributed by atoms with Crippen LogP contribution in [0.4, 0.5) is 0 Å². The maximum absolute atomic E-state index is 12.8. The van der Waals surface area contributed by atoms with Gasteiger partial charge in [0, 0.05) is 6.04 Å². The van der Waals surface area contributed by atoms with Crippen molar-refractivity contribution < 1.29 is 4.79 Å². The van der Waals surface area contributed by atoms with Crippen LogP contribution in [0.5, 0.6) is 0 Å². The molecule has 0 N–H and O–H groups in total. The summed E-state index contributed by atoms with van der Waals surface area (Å²) in [5.41, 5.74) is 4.53. The molecule has 120 valence electrons. The first-order valence-electron chi connectivity index (χ1n) is 8.40. The van der Waals surface area contributed by atoms with Crippen LogP contribution in [0, 0.1) is 13.8 Å². The van der Waals surface area contributed by atoms with Crippen molar-refractivity contribution in [3.63, 3.8) is 0 Å². The average Bonchev–Trinajstić information content (AvgIpc) is 2.58. The fourth-order valence-electron chi connectivity index (χ4n) is 3.50. The quantitative estimate of drug-likeness (QED) is 0.786. The van der Waals surface area contributed by atoms with Crippen molar-refractivity contribution in [3.05, 3.63) is 57.4 Å². The van der Waals surface area contributed by atoms with E-state index >= 15 is 0 Å². The second-order valence-electron chi connectivity index (χ2n) is 6.56. The maximum Gasteiger partial charge on any atom is 0.261 e. The fourth-order valence-corrected chi connectivity index (χ4v) is 3.50. The van der Waals surface area contributed by atoms with Crippen LogP contribution in [0.15, 0.2) is 35.1 Å². The third-order valence-electron chi connectivity index (χ3n) is 5.02. The van der Waals surface area contributed by atoms with Gasteiger partial charge >= 0.3 is 0 Å². The van der Waals surface area contributed by atoms with Crippen LogP contribution >= 0.6 is 0 Å². The minimum absolute atomic E-state index is 0.150. The molecule has 1 aliphatic carbocycles. The van der Waals surface area contributed by atoms with Crippen LogP contribution in [-0.4, -0.2) is 10.9 Å². The van der Waals surface area contributed by atoms with E-state index in [1.807, 2.05) is 10.6 Å². The highest BCUT2D eigenvalue weighted by Gasteiger charge is 2.21. The van der Waals surface area contributed by atoms with E-state index in [1.165, 1.54) is 17.5 Å². The van der Waals surface area contributed by atoms with Gasteiger partial charge in [0.15, 0.2) is 6.29 Å². The molecule has 1 saturated carbocycles. The first kappa shape index (κ1) is 15.7. The van der Waals surface area contributed by atoms with Gasteiger partial charge < -0.3 is 4.57 Å². The van der Waals surface area contributed by atoms with Gasteiger partial charge in [-0.2, -0.15) is 0 Å². The average molecular weight is 309 g/mol. The number of carbonyl (C=O) groups excluding carboxylic acids is 1. The highest BCUT2D eigenvalue weighted by Crippen LogP contribution is 2.31. The lowest BCUT2D eigenvalue weighted by molar-refractivity contribution is 0.112. The molecule has 0 aliphatic heterocycles. The topological polar surface area (TPSA) is 39.1 Å². The van der Waals surface area contributed by atoms with Crippen molar-refractivity contribution in [2.75, 3.05) is 0 Å². The largest absolute Gasteiger partial charge is 0.305 e. The van der Waals surface area contributed by atoms with Crippen molar-refractivity contribution >= 4 is 6.29 Å². The molecule has 0 amide bonds. The summed E-state index contributed by atoms with van der Waals surface area (Å²) in [6.07, 6.45) is 6.23. The fraction of sp³-hybridized carbons (Fsp3) is 0.400. The monoisotopic (exact) mass is 309 g/mol. The van der Waals surface area contributed by atoms with Crippen molar-refractivity contribution in [2.45, 2.75) is 52.0 Å². The number of hydrogen-bond acceptors (Lipinski definition) is 2. The Balaban J connectivity index is 2.19. The summed E-state index contributed by atoms with van der Waals surface area (Å²) in [5.74, 6) is 0. The van der Waals surface area contributed by atoms with E-state index in [0.717, 1.165) is 36.9 Å². The molecule has 0 bridgehead atoms. The Kier molecular flexibility index (Phi) is 4.46. The molecule has 1 heterocycles. The number of benzene rings is 1. The Morgan fingerprint density at radius 1 is 1.00 bits per heavy atom. The van der Waals surface area contributed by atoms with Gasteiger partial charge in [-0.15, -0.1) is 0 Å². The highest BCUT2D eigenvalue weighted by molar-refractivity contribution is 5.75. The van der Waals surface area contributed by atoms with E-state index in [0.29, 0.717) is 6.29 Å². The molecule has 3 nitrogen and oxygen atoms in total. The van der Waals surface area contributed by atoms with Gasteiger partial charge in [-0.25, -0.2) is 0 Å². The Bertz CT molecular complexity index is 783. The molecule has 1 aromatic heterocycles. The first-order valence-corrected chi connectivity index (χ1v) is 8.40. The molecule has 1 fully saturated rings. The van der Waals surface area contributed by atoms with Crippen molar-refractivity contribution in [1.29, 1.82) is 0 Å². The lowest BCUT2D eigenvalue weighted by atomic mass is 9.94. The molecule has 0 spiro atoms. The van der Waals surface area contributed by atoms with Crippen molar-refractivity contribution in [1.82, 2.24) is 4.57 Å². The van der Waals surface area contributed by atoms with E-state index < -0.39 is 0 Å². The van der Waals surface area contributed by atoms with E-state index in [1.54, 1.807) is 6.07 Å². The van der Waals surface area contributed by atoms with Gasteiger partial charge in [-0.1, -0.05) is 31.4 Å². The predicted molar refractivity (Wildman–Crippen MR) is 93.1 cm³/mol. The summed E-state index contributed by atoms with van der Waals surface area (Å²) < 4.78 is 1.87. The summed E-state index contributed by atoms with van der Waals surface area (Å²) in [5, 5.41) is 0. The molecule has 0 atom stereocenters. The van der Waals surface area contributed by atoms with Gasteiger partial charge in [0.25, 0.3) is 5.56 Å². The molecule has 1 aliphatic rings. The third-order valence-corrected chi connectivity index (χ3v) is 5.02. The molecule has 3 rings (SSSR count). The van der Waals surface area contributed by atoms with E-state index in [9.17, 15) is 9.59 Å². The van der Waals surface area contributed by atoms with E-state index in [2.05, 4.69) is 32.0 Å². The summed E-state index contributed by atoms with van der Waals surface area (Å²) in [6.45, 7) is 4.17. The van der Waals surface area contributed by atoms with Crippen molar-refractivity contribution in [2.24, 2.45) is 0 Å². The zero-order valence-corrected chi connectivity index (χ0v) is 13.8. The SMILES string of the molecule is Cc1ccc(-c2ccc(C=O)c(=O)n2C2CCCCC2)cc1C. The molecule has 0 unspecified atom stereocenters. The molecule has 3 heteroatoms. The number of carbonyl (C=O) groups is 1. The van der Waals surface area contributed by atoms with Gasteiger partial charge in [0.1, 0.15) is 0 Å². The Labute approximate surface area is 137 Å². The number of nitrogens with zero attached hydrogens (tertiary/aromatic N) is 1. The molecule has 2 aromatic rings. The summed E-state index contributed by atoms with van der Waals surface area (Å²) in [4.78, 5) is 24.0. The minimum atomic E-state index is -0.150.